The Kier molecular flexibility index (Phi) is 5.45. The Hall–Kier alpha value is -2.25. The molecule has 0 bridgehead atoms. The molecule has 0 radical (unpaired) electrons. The molecule has 0 spiro atoms. The van der Waals surface area contributed by atoms with Crippen LogP contribution in [0.1, 0.15) is 26.2 Å². The molecule has 0 aliphatic heterocycles. The van der Waals surface area contributed by atoms with E-state index in [2.05, 4.69) is 15.6 Å². The largest absolute Gasteiger partial charge is 0.330 e. The van der Waals surface area contributed by atoms with Crippen molar-refractivity contribution in [2.75, 3.05) is 17.2 Å². The number of nitrogens with zero attached hydrogens (tertiary/aromatic N) is 1. The summed E-state index contributed by atoms with van der Waals surface area (Å²) in [6.45, 7) is 2.03. The monoisotopic (exact) mass is 358 g/mol. The van der Waals surface area contributed by atoms with Crippen LogP contribution in [0.4, 0.5) is 10.8 Å². The summed E-state index contributed by atoms with van der Waals surface area (Å²) in [5, 5.41) is 8.18. The molecule has 7 heteroatoms. The average Bonchev–Trinajstić information content (AvgIpc) is 3.23. The average molecular weight is 358 g/mol. The van der Waals surface area contributed by atoms with Crippen molar-refractivity contribution in [1.29, 1.82) is 0 Å². The molecule has 0 unspecified atom stereocenters. The highest BCUT2D eigenvalue weighted by Crippen LogP contribution is 2.33. The highest BCUT2D eigenvalue weighted by atomic mass is 32.1. The van der Waals surface area contributed by atoms with Gasteiger partial charge in [-0.2, -0.15) is 0 Å². The van der Waals surface area contributed by atoms with Crippen LogP contribution in [0.5, 0.6) is 0 Å². The second-order valence-electron chi connectivity index (χ2n) is 6.32. The molecule has 6 nitrogen and oxygen atoms in total. The van der Waals surface area contributed by atoms with Gasteiger partial charge >= 0.3 is 0 Å². The van der Waals surface area contributed by atoms with Crippen molar-refractivity contribution in [1.82, 2.24) is 4.98 Å². The normalized spacial score (nSPS) is 19.6. The maximum absolute atomic E-state index is 12.4. The van der Waals surface area contributed by atoms with Crippen LogP contribution >= 0.6 is 11.3 Å². The summed E-state index contributed by atoms with van der Waals surface area (Å²) in [4.78, 5) is 28.0. The van der Waals surface area contributed by atoms with Crippen LogP contribution in [-0.4, -0.2) is 23.3 Å². The molecule has 1 heterocycles. The van der Waals surface area contributed by atoms with E-state index in [4.69, 9.17) is 5.73 Å². The minimum Gasteiger partial charge on any atom is -0.330 e. The van der Waals surface area contributed by atoms with E-state index < -0.39 is 0 Å². The molecule has 0 saturated heterocycles. The van der Waals surface area contributed by atoms with Crippen molar-refractivity contribution in [3.05, 3.63) is 29.6 Å². The predicted molar refractivity (Wildman–Crippen MR) is 100 cm³/mol. The minimum absolute atomic E-state index is 0.00529. The lowest BCUT2D eigenvalue weighted by molar-refractivity contribution is -0.120. The van der Waals surface area contributed by atoms with Crippen LogP contribution in [-0.2, 0) is 9.59 Å². The molecule has 3 rings (SSSR count). The van der Waals surface area contributed by atoms with Crippen molar-refractivity contribution >= 4 is 34.0 Å². The van der Waals surface area contributed by atoms with E-state index in [0.717, 1.165) is 36.2 Å². The quantitative estimate of drug-likeness (QED) is 0.765. The van der Waals surface area contributed by atoms with Gasteiger partial charge in [-0.25, -0.2) is 4.98 Å². The molecular weight excluding hydrogens is 336 g/mol. The van der Waals surface area contributed by atoms with E-state index in [1.807, 2.05) is 29.6 Å². The van der Waals surface area contributed by atoms with E-state index >= 15 is 0 Å². The Morgan fingerprint density at radius 1 is 1.24 bits per heavy atom. The number of aromatic nitrogens is 1. The lowest BCUT2D eigenvalue weighted by Crippen LogP contribution is -2.29. The van der Waals surface area contributed by atoms with Gasteiger partial charge in [0, 0.05) is 29.5 Å². The van der Waals surface area contributed by atoms with Crippen LogP contribution in [0, 0.1) is 11.8 Å². The third-order valence-corrected chi connectivity index (χ3v) is 5.29. The topological polar surface area (TPSA) is 97.1 Å². The van der Waals surface area contributed by atoms with E-state index in [9.17, 15) is 9.59 Å². The van der Waals surface area contributed by atoms with Gasteiger partial charge in [0.15, 0.2) is 5.13 Å². The molecule has 1 aliphatic rings. The zero-order chi connectivity index (χ0) is 17.8. The highest BCUT2D eigenvalue weighted by molar-refractivity contribution is 7.14. The number of nitrogens with one attached hydrogen (secondary N) is 2. The first-order chi connectivity index (χ1) is 12.1. The standard InChI is InChI=1S/C18H22N4O2S/c1-11(23)20-14-7-5-12(6-8-14)16-10-25-18(21-16)22-17(24)15-4-2-3-13(15)9-19/h5-8,10,13,15H,2-4,9,19H2,1H3,(H,20,23)(H,21,22,24)/t13-,15-/m1/s1. The third kappa shape index (κ3) is 4.24. The fraction of sp³-hybridized carbons (Fsp3) is 0.389. The van der Waals surface area contributed by atoms with Gasteiger partial charge in [-0.05, 0) is 37.4 Å². The molecule has 1 saturated carbocycles. The van der Waals surface area contributed by atoms with E-state index in [-0.39, 0.29) is 23.7 Å². The number of thiazole rings is 1. The minimum atomic E-state index is -0.103. The molecule has 2 amide bonds. The van der Waals surface area contributed by atoms with Crippen molar-refractivity contribution in [3.63, 3.8) is 0 Å². The first-order valence-corrected chi connectivity index (χ1v) is 9.29. The van der Waals surface area contributed by atoms with Gasteiger partial charge in [-0.1, -0.05) is 18.6 Å². The lowest BCUT2D eigenvalue weighted by atomic mass is 9.95. The van der Waals surface area contributed by atoms with Crippen LogP contribution in [0.3, 0.4) is 0 Å². The van der Waals surface area contributed by atoms with Crippen LogP contribution in [0.2, 0.25) is 0 Å². The number of benzene rings is 1. The van der Waals surface area contributed by atoms with Gasteiger partial charge in [0.25, 0.3) is 0 Å². The van der Waals surface area contributed by atoms with Crippen molar-refractivity contribution in [2.24, 2.45) is 17.6 Å². The number of carbonyl (C=O) groups is 2. The fourth-order valence-electron chi connectivity index (χ4n) is 3.25. The van der Waals surface area contributed by atoms with Gasteiger partial charge in [0.05, 0.1) is 5.69 Å². The second-order valence-corrected chi connectivity index (χ2v) is 7.18. The molecule has 1 aliphatic carbocycles. The van der Waals surface area contributed by atoms with Crippen LogP contribution < -0.4 is 16.4 Å². The van der Waals surface area contributed by atoms with Crippen molar-refractivity contribution < 1.29 is 9.59 Å². The molecule has 132 valence electrons. The summed E-state index contributed by atoms with van der Waals surface area (Å²) in [5.74, 6) is 0.194. The van der Waals surface area contributed by atoms with Gasteiger partial charge in [-0.15, -0.1) is 11.3 Å². The summed E-state index contributed by atoms with van der Waals surface area (Å²) < 4.78 is 0. The SMILES string of the molecule is CC(=O)Nc1ccc(-c2csc(NC(=O)[C@@H]3CCC[C@@H]3CN)n2)cc1. The maximum Gasteiger partial charge on any atom is 0.229 e. The first-order valence-electron chi connectivity index (χ1n) is 8.41. The Morgan fingerprint density at radius 2 is 2.00 bits per heavy atom. The molecule has 2 aromatic rings. The Morgan fingerprint density at radius 3 is 2.68 bits per heavy atom. The van der Waals surface area contributed by atoms with Gasteiger partial charge in [0.1, 0.15) is 0 Å². The molecule has 4 N–H and O–H groups in total. The molecule has 1 aromatic heterocycles. The number of hydrogen-bond acceptors (Lipinski definition) is 5. The summed E-state index contributed by atoms with van der Waals surface area (Å²) in [6.07, 6.45) is 2.98. The molecule has 2 atom stereocenters. The van der Waals surface area contributed by atoms with Crippen molar-refractivity contribution in [3.8, 4) is 11.3 Å². The third-order valence-electron chi connectivity index (χ3n) is 4.53. The van der Waals surface area contributed by atoms with Gasteiger partial charge in [-0.3, -0.25) is 9.59 Å². The lowest BCUT2D eigenvalue weighted by Gasteiger charge is -2.16. The van der Waals surface area contributed by atoms with E-state index in [1.165, 1.54) is 18.3 Å². The number of nitrogens with two attached hydrogens (primary N) is 1. The number of anilines is 2. The first kappa shape index (κ1) is 17.6. The van der Waals surface area contributed by atoms with Crippen molar-refractivity contribution in [2.45, 2.75) is 26.2 Å². The summed E-state index contributed by atoms with van der Waals surface area (Å²) in [6, 6.07) is 7.46. The second kappa shape index (κ2) is 7.76. The van der Waals surface area contributed by atoms with Crippen LogP contribution in [0.15, 0.2) is 29.6 Å². The van der Waals surface area contributed by atoms with E-state index in [1.54, 1.807) is 0 Å². The molecule has 25 heavy (non-hydrogen) atoms. The fourth-order valence-corrected chi connectivity index (χ4v) is 3.98. The number of carbonyl (C=O) groups excluding carboxylic acids is 2. The summed E-state index contributed by atoms with van der Waals surface area (Å²) >= 11 is 1.41. The Bertz CT molecular complexity index is 757. The molecular formula is C18H22N4O2S. The molecule has 1 fully saturated rings. The zero-order valence-electron chi connectivity index (χ0n) is 14.1. The Balaban J connectivity index is 1.66. The highest BCUT2D eigenvalue weighted by Gasteiger charge is 2.32. The number of amides is 2. The van der Waals surface area contributed by atoms with Crippen LogP contribution in [0.25, 0.3) is 11.3 Å². The van der Waals surface area contributed by atoms with E-state index in [0.29, 0.717) is 11.7 Å². The maximum atomic E-state index is 12.4. The summed E-state index contributed by atoms with van der Waals surface area (Å²) in [5.41, 5.74) is 8.24. The molecule has 1 aromatic carbocycles. The summed E-state index contributed by atoms with van der Waals surface area (Å²) in [7, 11) is 0. The zero-order valence-corrected chi connectivity index (χ0v) is 14.9. The predicted octanol–water partition coefficient (Wildman–Crippen LogP) is 3.08. The smallest absolute Gasteiger partial charge is 0.229 e. The van der Waals surface area contributed by atoms with Gasteiger partial charge < -0.3 is 16.4 Å². The van der Waals surface area contributed by atoms with Gasteiger partial charge in [0.2, 0.25) is 11.8 Å². The number of rotatable bonds is 5. The number of hydrogen-bond donors (Lipinski definition) is 3. The Labute approximate surface area is 150 Å².